The van der Waals surface area contributed by atoms with E-state index in [0.717, 1.165) is 12.0 Å². The summed E-state index contributed by atoms with van der Waals surface area (Å²) in [6.45, 7) is 6.00. The molecule has 0 aromatic heterocycles. The van der Waals surface area contributed by atoms with Crippen LogP contribution in [0.3, 0.4) is 0 Å². The third-order valence-electron chi connectivity index (χ3n) is 3.65. The van der Waals surface area contributed by atoms with E-state index in [0.29, 0.717) is 18.5 Å². The molecular formula is C18H22N2O3. The number of carbonyl (C=O) groups excluding carboxylic acids is 2. The molecule has 2 rings (SSSR count). The molecule has 1 atom stereocenters. The third kappa shape index (κ3) is 4.32. The summed E-state index contributed by atoms with van der Waals surface area (Å²) < 4.78 is 5.42. The Bertz CT molecular complexity index is 640. The van der Waals surface area contributed by atoms with Crippen LogP contribution in [0.15, 0.2) is 24.3 Å². The molecule has 0 unspecified atom stereocenters. The summed E-state index contributed by atoms with van der Waals surface area (Å²) in [7, 11) is 0. The van der Waals surface area contributed by atoms with Crippen LogP contribution in [0.1, 0.15) is 49.5 Å². The molecule has 1 aliphatic rings. The Morgan fingerprint density at radius 3 is 2.78 bits per heavy atom. The number of ether oxygens (including phenoxy) is 1. The van der Waals surface area contributed by atoms with Gasteiger partial charge in [-0.25, -0.2) is 4.79 Å². The molecule has 0 bridgehead atoms. The quantitative estimate of drug-likeness (QED) is 0.804. The average molecular weight is 314 g/mol. The maximum atomic E-state index is 12.7. The number of nitriles is 1. The maximum absolute atomic E-state index is 12.7. The monoisotopic (exact) mass is 314 g/mol. The minimum atomic E-state index is -0.568. The van der Waals surface area contributed by atoms with E-state index in [2.05, 4.69) is 6.07 Å². The van der Waals surface area contributed by atoms with E-state index in [9.17, 15) is 9.59 Å². The number of hydrogen-bond acceptors (Lipinski definition) is 4. The van der Waals surface area contributed by atoms with Crippen LogP contribution in [0.4, 0.5) is 0 Å². The number of esters is 1. The number of carbonyl (C=O) groups is 2. The molecule has 1 saturated heterocycles. The molecular weight excluding hydrogens is 292 g/mol. The molecule has 0 saturated carbocycles. The molecule has 23 heavy (non-hydrogen) atoms. The van der Waals surface area contributed by atoms with E-state index >= 15 is 0 Å². The van der Waals surface area contributed by atoms with Crippen molar-refractivity contribution in [1.29, 1.82) is 5.26 Å². The smallest absolute Gasteiger partial charge is 0.329 e. The molecule has 1 heterocycles. The fraction of sp³-hybridized carbons (Fsp3) is 0.500. The Kier molecular flexibility index (Phi) is 5.05. The van der Waals surface area contributed by atoms with Crippen molar-refractivity contribution in [3.8, 4) is 6.07 Å². The van der Waals surface area contributed by atoms with Gasteiger partial charge in [-0.2, -0.15) is 5.26 Å². The van der Waals surface area contributed by atoms with Crippen LogP contribution in [-0.2, 0) is 16.0 Å². The van der Waals surface area contributed by atoms with Gasteiger partial charge in [0.2, 0.25) is 0 Å². The van der Waals surface area contributed by atoms with Gasteiger partial charge in [-0.15, -0.1) is 0 Å². The van der Waals surface area contributed by atoms with Gasteiger partial charge in [0.05, 0.1) is 12.5 Å². The normalized spacial score (nSPS) is 17.7. The maximum Gasteiger partial charge on any atom is 0.329 e. The number of amides is 1. The minimum absolute atomic E-state index is 0.182. The number of likely N-dealkylation sites (tertiary alicyclic amines) is 1. The van der Waals surface area contributed by atoms with Crippen LogP contribution in [0.2, 0.25) is 0 Å². The molecule has 0 spiro atoms. The van der Waals surface area contributed by atoms with Gasteiger partial charge >= 0.3 is 5.97 Å². The summed E-state index contributed by atoms with van der Waals surface area (Å²) in [5.74, 6) is -0.533. The molecule has 0 radical (unpaired) electrons. The Balaban J connectivity index is 2.16. The van der Waals surface area contributed by atoms with Crippen LogP contribution in [0, 0.1) is 11.3 Å². The number of hydrogen-bond donors (Lipinski definition) is 0. The van der Waals surface area contributed by atoms with Crippen molar-refractivity contribution in [1.82, 2.24) is 4.90 Å². The largest absolute Gasteiger partial charge is 0.458 e. The number of benzene rings is 1. The summed E-state index contributed by atoms with van der Waals surface area (Å²) in [6.07, 6.45) is 1.67. The van der Waals surface area contributed by atoms with Gasteiger partial charge in [-0.05, 0) is 51.3 Å². The molecule has 1 fully saturated rings. The highest BCUT2D eigenvalue weighted by atomic mass is 16.6. The topological polar surface area (TPSA) is 70.4 Å². The Morgan fingerprint density at radius 2 is 2.13 bits per heavy atom. The fourth-order valence-corrected chi connectivity index (χ4v) is 2.70. The van der Waals surface area contributed by atoms with Crippen LogP contribution in [0.5, 0.6) is 0 Å². The molecule has 1 aromatic rings. The summed E-state index contributed by atoms with van der Waals surface area (Å²) >= 11 is 0. The van der Waals surface area contributed by atoms with Gasteiger partial charge in [-0.1, -0.05) is 12.1 Å². The first-order valence-electron chi connectivity index (χ1n) is 7.81. The molecule has 5 heteroatoms. The van der Waals surface area contributed by atoms with E-state index in [-0.39, 0.29) is 18.3 Å². The number of rotatable bonds is 3. The zero-order chi connectivity index (χ0) is 17.0. The molecule has 0 N–H and O–H groups in total. The van der Waals surface area contributed by atoms with Gasteiger partial charge in [0.1, 0.15) is 11.6 Å². The first-order valence-corrected chi connectivity index (χ1v) is 7.81. The molecule has 1 amide bonds. The van der Waals surface area contributed by atoms with E-state index in [1.165, 1.54) is 0 Å². The van der Waals surface area contributed by atoms with Crippen LogP contribution in [0.25, 0.3) is 0 Å². The molecule has 122 valence electrons. The summed E-state index contributed by atoms with van der Waals surface area (Å²) in [5, 5.41) is 8.78. The highest BCUT2D eigenvalue weighted by Crippen LogP contribution is 2.23. The first kappa shape index (κ1) is 17.0. The van der Waals surface area contributed by atoms with Crippen LogP contribution >= 0.6 is 0 Å². The highest BCUT2D eigenvalue weighted by molar-refractivity contribution is 5.97. The molecule has 1 aliphatic heterocycles. The van der Waals surface area contributed by atoms with E-state index < -0.39 is 11.6 Å². The lowest BCUT2D eigenvalue weighted by Crippen LogP contribution is -2.43. The zero-order valence-electron chi connectivity index (χ0n) is 13.8. The highest BCUT2D eigenvalue weighted by Gasteiger charge is 2.37. The Labute approximate surface area is 136 Å². The van der Waals surface area contributed by atoms with Crippen LogP contribution in [-0.4, -0.2) is 35.0 Å². The lowest BCUT2D eigenvalue weighted by molar-refractivity contribution is -0.159. The second-order valence-corrected chi connectivity index (χ2v) is 6.73. The Morgan fingerprint density at radius 1 is 1.39 bits per heavy atom. The molecule has 5 nitrogen and oxygen atoms in total. The second-order valence-electron chi connectivity index (χ2n) is 6.73. The summed E-state index contributed by atoms with van der Waals surface area (Å²) in [6, 6.07) is 8.56. The van der Waals surface area contributed by atoms with Crippen molar-refractivity contribution in [2.45, 2.75) is 51.7 Å². The van der Waals surface area contributed by atoms with Crippen molar-refractivity contribution in [2.75, 3.05) is 6.54 Å². The minimum Gasteiger partial charge on any atom is -0.458 e. The Hall–Kier alpha value is -2.35. The van der Waals surface area contributed by atoms with E-state index in [1.54, 1.807) is 23.1 Å². The van der Waals surface area contributed by atoms with Gasteiger partial charge in [-0.3, -0.25) is 4.79 Å². The summed E-state index contributed by atoms with van der Waals surface area (Å²) in [5.41, 5.74) is 0.737. The second kappa shape index (κ2) is 6.82. The van der Waals surface area contributed by atoms with Crippen molar-refractivity contribution < 1.29 is 14.3 Å². The fourth-order valence-electron chi connectivity index (χ4n) is 2.70. The standard InChI is InChI=1S/C18H22N2O3/c1-18(2,3)23-17(22)15-8-5-11-20(15)16(21)14-7-4-6-13(12-14)9-10-19/h4,6-7,12,15H,5,8-9,11H2,1-3H3/t15-/m0/s1. The van der Waals surface area contributed by atoms with E-state index in [1.807, 2.05) is 26.8 Å². The van der Waals surface area contributed by atoms with Gasteiger partial charge < -0.3 is 9.64 Å². The van der Waals surface area contributed by atoms with Crippen LogP contribution < -0.4 is 0 Å². The molecule has 0 aliphatic carbocycles. The van der Waals surface area contributed by atoms with Gasteiger partial charge in [0, 0.05) is 12.1 Å². The average Bonchev–Trinajstić information content (AvgIpc) is 2.95. The van der Waals surface area contributed by atoms with Crippen molar-refractivity contribution >= 4 is 11.9 Å². The zero-order valence-corrected chi connectivity index (χ0v) is 13.8. The van der Waals surface area contributed by atoms with Crippen molar-refractivity contribution in [3.05, 3.63) is 35.4 Å². The predicted octanol–water partition coefficient (Wildman–Crippen LogP) is 2.70. The predicted molar refractivity (Wildman–Crippen MR) is 85.7 cm³/mol. The molecule has 1 aromatic carbocycles. The summed E-state index contributed by atoms with van der Waals surface area (Å²) in [4.78, 5) is 26.6. The van der Waals surface area contributed by atoms with E-state index in [4.69, 9.17) is 10.00 Å². The van der Waals surface area contributed by atoms with Crippen molar-refractivity contribution in [3.63, 3.8) is 0 Å². The van der Waals surface area contributed by atoms with Crippen molar-refractivity contribution in [2.24, 2.45) is 0 Å². The first-order chi connectivity index (χ1) is 10.8. The lowest BCUT2D eigenvalue weighted by Gasteiger charge is -2.27. The SMILES string of the molecule is CC(C)(C)OC(=O)[C@@H]1CCCN1C(=O)c1cccc(CC#N)c1. The lowest BCUT2D eigenvalue weighted by atomic mass is 10.1. The van der Waals surface area contributed by atoms with Gasteiger partial charge in [0.25, 0.3) is 5.91 Å². The van der Waals surface area contributed by atoms with Gasteiger partial charge in [0.15, 0.2) is 0 Å². The number of nitrogens with zero attached hydrogens (tertiary/aromatic N) is 2. The third-order valence-corrected chi connectivity index (χ3v) is 3.65.